The first kappa shape index (κ1) is 32.3. The van der Waals surface area contributed by atoms with E-state index in [9.17, 15) is 31.2 Å². The van der Waals surface area contributed by atoms with Gasteiger partial charge >= 0.3 is 18.5 Å². The van der Waals surface area contributed by atoms with Gasteiger partial charge in [-0.05, 0) is 51.0 Å². The molecule has 2 aliphatic heterocycles. The van der Waals surface area contributed by atoms with Crippen LogP contribution in [0.15, 0.2) is 24.3 Å². The summed E-state index contributed by atoms with van der Waals surface area (Å²) >= 11 is 0. The van der Waals surface area contributed by atoms with Crippen LogP contribution < -0.4 is 9.47 Å². The van der Waals surface area contributed by atoms with Crippen molar-refractivity contribution in [1.29, 1.82) is 0 Å². The lowest BCUT2D eigenvalue weighted by Crippen LogP contribution is -2.42. The van der Waals surface area contributed by atoms with Crippen LogP contribution in [0.5, 0.6) is 11.5 Å². The maximum atomic E-state index is 12.1. The van der Waals surface area contributed by atoms with Gasteiger partial charge in [0.2, 0.25) is 0 Å². The number of hydrogen-bond donors (Lipinski definition) is 0. The van der Waals surface area contributed by atoms with Gasteiger partial charge in [-0.1, -0.05) is 0 Å². The van der Waals surface area contributed by atoms with Crippen LogP contribution in [0.4, 0.5) is 22.8 Å². The number of hydrogen-bond acceptors (Lipinski definition) is 9. The molecule has 1 aromatic rings. The summed E-state index contributed by atoms with van der Waals surface area (Å²) in [6.45, 7) is 6.17. The number of alkyl halides is 3. The van der Waals surface area contributed by atoms with Crippen molar-refractivity contribution < 1.29 is 54.3 Å². The number of likely N-dealkylation sites (tertiary alicyclic amines) is 2. The smallest absolute Gasteiger partial charge is 0.490 e. The van der Waals surface area contributed by atoms with Gasteiger partial charge < -0.3 is 28.7 Å². The molecule has 39 heavy (non-hydrogen) atoms. The lowest BCUT2D eigenvalue weighted by atomic mass is 10.1. The highest BCUT2D eigenvalue weighted by Gasteiger charge is 2.31. The van der Waals surface area contributed by atoms with Gasteiger partial charge in [0.15, 0.2) is 0 Å². The Morgan fingerprint density at radius 2 is 1.23 bits per heavy atom. The number of carbonyl (C=O) groups is 2. The molecule has 0 saturated carbocycles. The van der Waals surface area contributed by atoms with Crippen LogP contribution in [0.25, 0.3) is 0 Å². The van der Waals surface area contributed by atoms with Crippen LogP contribution in [0.2, 0.25) is 0 Å². The first-order valence-corrected chi connectivity index (χ1v) is 14.4. The number of nitrogens with zero attached hydrogens (tertiary/aromatic N) is 2. The zero-order valence-corrected chi connectivity index (χ0v) is 23.0. The Morgan fingerprint density at radius 3 is 1.62 bits per heavy atom. The summed E-state index contributed by atoms with van der Waals surface area (Å²) < 4.78 is 82.1. The Labute approximate surface area is 226 Å². The van der Waals surface area contributed by atoms with Gasteiger partial charge in [-0.25, -0.2) is 9.59 Å². The first-order chi connectivity index (χ1) is 18.3. The molecule has 0 bridgehead atoms. The van der Waals surface area contributed by atoms with Gasteiger partial charge in [0.05, 0.1) is 25.6 Å². The molecule has 1 aromatic carbocycles. The number of halogens is 3. The van der Waals surface area contributed by atoms with E-state index in [0.717, 1.165) is 6.26 Å². The van der Waals surface area contributed by atoms with E-state index in [4.69, 9.17) is 18.4 Å². The van der Waals surface area contributed by atoms with Gasteiger partial charge in [0.25, 0.3) is 10.1 Å². The fraction of sp³-hybridized carbons (Fsp3) is 0.667. The Morgan fingerprint density at radius 1 is 0.821 bits per heavy atom. The highest BCUT2D eigenvalue weighted by molar-refractivity contribution is 7.86. The molecule has 2 amide bonds. The van der Waals surface area contributed by atoms with Crippen LogP contribution in [-0.2, 0) is 23.8 Å². The molecule has 0 aliphatic carbocycles. The largest absolute Gasteiger partial charge is 0.573 e. The number of piperidine rings is 2. The van der Waals surface area contributed by atoms with Gasteiger partial charge in [-0.3, -0.25) is 4.18 Å². The third-order valence-corrected chi connectivity index (χ3v) is 6.23. The fourth-order valence-corrected chi connectivity index (χ4v) is 4.57. The Kier molecular flexibility index (Phi) is 12.4. The third-order valence-electron chi connectivity index (χ3n) is 5.61. The molecule has 2 fully saturated rings. The quantitative estimate of drug-likeness (QED) is 0.435. The Balaban J connectivity index is 0.000000293. The molecule has 15 heteroatoms. The summed E-state index contributed by atoms with van der Waals surface area (Å²) in [6, 6.07) is 5.27. The molecule has 0 unspecified atom stereocenters. The maximum absolute atomic E-state index is 12.1. The average molecular weight is 585 g/mol. The van der Waals surface area contributed by atoms with Crippen molar-refractivity contribution in [2.75, 3.05) is 45.6 Å². The highest BCUT2D eigenvalue weighted by atomic mass is 32.2. The molecule has 222 valence electrons. The number of benzene rings is 1. The normalized spacial score (nSPS) is 17.1. The van der Waals surface area contributed by atoms with E-state index in [0.29, 0.717) is 70.8 Å². The van der Waals surface area contributed by atoms with Crippen molar-refractivity contribution in [3.63, 3.8) is 0 Å². The summed E-state index contributed by atoms with van der Waals surface area (Å²) in [7, 11) is -3.41. The number of carbonyl (C=O) groups excluding carboxylic acids is 2. The molecule has 11 nitrogen and oxygen atoms in total. The van der Waals surface area contributed by atoms with E-state index in [2.05, 4.69) is 4.74 Å². The maximum Gasteiger partial charge on any atom is 0.573 e. The van der Waals surface area contributed by atoms with Crippen molar-refractivity contribution in [2.24, 2.45) is 0 Å². The zero-order chi connectivity index (χ0) is 29.1. The molecule has 0 atom stereocenters. The summed E-state index contributed by atoms with van der Waals surface area (Å²) in [5, 5.41) is 0. The summed E-state index contributed by atoms with van der Waals surface area (Å²) in [5.41, 5.74) is 0. The van der Waals surface area contributed by atoms with Gasteiger partial charge in [0.1, 0.15) is 17.6 Å². The second-order valence-corrected chi connectivity index (χ2v) is 10.3. The molecular formula is C24H35F3N2O9S. The number of ether oxygens (including phenoxy) is 4. The van der Waals surface area contributed by atoms with Gasteiger partial charge in [-0.2, -0.15) is 8.42 Å². The van der Waals surface area contributed by atoms with Crippen molar-refractivity contribution in [3.05, 3.63) is 24.3 Å². The minimum Gasteiger partial charge on any atom is -0.490 e. The lowest BCUT2D eigenvalue weighted by molar-refractivity contribution is -0.274. The number of rotatable bonds is 7. The van der Waals surface area contributed by atoms with E-state index in [-0.39, 0.29) is 30.1 Å². The minimum atomic E-state index is -4.71. The minimum absolute atomic E-state index is 0.0879. The zero-order valence-electron chi connectivity index (χ0n) is 22.1. The van der Waals surface area contributed by atoms with Gasteiger partial charge in [-0.15, -0.1) is 13.2 Å². The predicted octanol–water partition coefficient (Wildman–Crippen LogP) is 4.17. The average Bonchev–Trinajstić information content (AvgIpc) is 2.85. The van der Waals surface area contributed by atoms with E-state index in [1.54, 1.807) is 23.6 Å². The second kappa shape index (κ2) is 15.0. The second-order valence-electron chi connectivity index (χ2n) is 8.71. The molecule has 0 spiro atoms. The van der Waals surface area contributed by atoms with Crippen LogP contribution in [-0.4, -0.2) is 94.6 Å². The molecular weight excluding hydrogens is 549 g/mol. The molecule has 2 aliphatic rings. The van der Waals surface area contributed by atoms with Crippen LogP contribution in [0, 0.1) is 0 Å². The summed E-state index contributed by atoms with van der Waals surface area (Å²) in [6.07, 6.45) is -2.44. The molecule has 0 N–H and O–H groups in total. The molecule has 2 saturated heterocycles. The molecule has 0 aromatic heterocycles. The first-order valence-electron chi connectivity index (χ1n) is 12.5. The number of amides is 2. The highest BCUT2D eigenvalue weighted by Crippen LogP contribution is 2.26. The summed E-state index contributed by atoms with van der Waals surface area (Å²) in [5.74, 6) is 0.177. The predicted molar refractivity (Wildman–Crippen MR) is 133 cm³/mol. The van der Waals surface area contributed by atoms with Crippen molar-refractivity contribution >= 4 is 22.3 Å². The molecule has 0 radical (unpaired) electrons. The van der Waals surface area contributed by atoms with Crippen LogP contribution >= 0.6 is 0 Å². The van der Waals surface area contributed by atoms with Gasteiger partial charge in [0, 0.05) is 39.0 Å². The fourth-order valence-electron chi connectivity index (χ4n) is 3.88. The van der Waals surface area contributed by atoms with Crippen LogP contribution in [0.3, 0.4) is 0 Å². The Hall–Kier alpha value is -2.94. The van der Waals surface area contributed by atoms with Crippen LogP contribution in [0.1, 0.15) is 39.5 Å². The third kappa shape index (κ3) is 12.6. The Bertz CT molecular complexity index is 1010. The van der Waals surface area contributed by atoms with Crippen molar-refractivity contribution in [3.8, 4) is 11.5 Å². The van der Waals surface area contributed by atoms with E-state index < -0.39 is 16.5 Å². The van der Waals surface area contributed by atoms with E-state index in [1.165, 1.54) is 24.3 Å². The monoisotopic (exact) mass is 584 g/mol. The molecule has 3 rings (SSSR count). The van der Waals surface area contributed by atoms with E-state index >= 15 is 0 Å². The van der Waals surface area contributed by atoms with E-state index in [1.807, 2.05) is 0 Å². The lowest BCUT2D eigenvalue weighted by Gasteiger charge is -2.31. The molecule has 2 heterocycles. The van der Waals surface area contributed by atoms with Crippen molar-refractivity contribution in [1.82, 2.24) is 9.80 Å². The summed E-state index contributed by atoms with van der Waals surface area (Å²) in [4.78, 5) is 26.1. The topological polar surface area (TPSA) is 121 Å². The van der Waals surface area contributed by atoms with Crippen molar-refractivity contribution in [2.45, 2.75) is 58.1 Å². The standard InChI is InChI=1S/C15H18F3NO4.C9H17NO5S/c1-2-21-14(20)19-9-7-12(8-10-19)22-11-3-5-13(6-4-11)23-15(16,17)18;1-3-14-9(11)10-6-4-8(5-7-10)15-16(2,12)13/h3-6,12H,2,7-10H2,1H3;8H,3-7H2,1-2H3. The SMILES string of the molecule is CCOC(=O)N1CCC(OS(C)(=O)=O)CC1.CCOC(=O)N1CCC(Oc2ccc(OC(F)(F)F)cc2)CC1.